The van der Waals surface area contributed by atoms with Crippen molar-refractivity contribution < 1.29 is 14.3 Å². The van der Waals surface area contributed by atoms with Crippen LogP contribution >= 0.6 is 0 Å². The number of carbonyl (C=O) groups excluding carboxylic acids is 1. The van der Waals surface area contributed by atoms with Gasteiger partial charge in [0.15, 0.2) is 5.60 Å². The minimum absolute atomic E-state index is 0.0532. The standard InChI is InChI=1S/C21H30N2O3/c1-14-4-8-18(9-5-14)26-21(2,3)20(24)22-16-10-17-13-25-19(15-6-7-15)12-23(17)11-16/h4-5,8-9,15-17,19H,6-7,10-13H2,1-3H3,(H,22,24)/t16-,17-,19-/m0/s1. The van der Waals surface area contributed by atoms with Gasteiger partial charge in [0, 0.05) is 25.2 Å². The van der Waals surface area contributed by atoms with Gasteiger partial charge in [0.05, 0.1) is 12.7 Å². The molecule has 2 saturated heterocycles. The van der Waals surface area contributed by atoms with Crippen molar-refractivity contribution in [1.82, 2.24) is 10.2 Å². The van der Waals surface area contributed by atoms with Crippen LogP contribution in [0.4, 0.5) is 0 Å². The fourth-order valence-electron chi connectivity index (χ4n) is 4.06. The van der Waals surface area contributed by atoms with Crippen LogP contribution in [0.1, 0.15) is 38.7 Å². The number of ether oxygens (including phenoxy) is 2. The summed E-state index contributed by atoms with van der Waals surface area (Å²) in [5.41, 5.74) is 0.278. The first-order chi connectivity index (χ1) is 12.4. The van der Waals surface area contributed by atoms with E-state index < -0.39 is 5.60 Å². The largest absolute Gasteiger partial charge is 0.478 e. The van der Waals surface area contributed by atoms with E-state index in [1.807, 2.05) is 45.0 Å². The second-order valence-corrected chi connectivity index (χ2v) is 8.65. The third-order valence-electron chi connectivity index (χ3n) is 5.87. The summed E-state index contributed by atoms with van der Waals surface area (Å²) >= 11 is 0. The molecule has 5 nitrogen and oxygen atoms in total. The van der Waals surface area contributed by atoms with E-state index >= 15 is 0 Å². The van der Waals surface area contributed by atoms with Crippen LogP contribution in [-0.2, 0) is 9.53 Å². The normalized spacial score (nSPS) is 29.3. The summed E-state index contributed by atoms with van der Waals surface area (Å²) in [5.74, 6) is 1.44. The van der Waals surface area contributed by atoms with Gasteiger partial charge in [0.2, 0.25) is 0 Å². The summed E-state index contributed by atoms with van der Waals surface area (Å²) < 4.78 is 12.0. The maximum atomic E-state index is 12.8. The molecule has 0 radical (unpaired) electrons. The Bertz CT molecular complexity index is 654. The first kappa shape index (κ1) is 17.8. The molecule has 3 atom stereocenters. The lowest BCUT2D eigenvalue weighted by Gasteiger charge is -2.35. The van der Waals surface area contributed by atoms with Gasteiger partial charge in [-0.05, 0) is 58.1 Å². The second kappa shape index (κ2) is 6.86. The van der Waals surface area contributed by atoms with Gasteiger partial charge >= 0.3 is 0 Å². The molecule has 26 heavy (non-hydrogen) atoms. The van der Waals surface area contributed by atoms with E-state index in [-0.39, 0.29) is 11.9 Å². The average Bonchev–Trinajstić information content (AvgIpc) is 3.37. The Morgan fingerprint density at radius 1 is 1.23 bits per heavy atom. The number of benzene rings is 1. The van der Waals surface area contributed by atoms with Crippen molar-refractivity contribution in [3.8, 4) is 5.75 Å². The van der Waals surface area contributed by atoms with Crippen molar-refractivity contribution in [3.05, 3.63) is 29.8 Å². The summed E-state index contributed by atoms with van der Waals surface area (Å²) in [6.45, 7) is 8.44. The van der Waals surface area contributed by atoms with E-state index in [1.165, 1.54) is 18.4 Å². The Morgan fingerprint density at radius 3 is 2.65 bits per heavy atom. The number of aryl methyl sites for hydroxylation is 1. The number of rotatable bonds is 5. The molecule has 1 saturated carbocycles. The number of morpholine rings is 1. The zero-order valence-corrected chi connectivity index (χ0v) is 16.0. The Kier molecular flexibility index (Phi) is 4.70. The Morgan fingerprint density at radius 2 is 1.96 bits per heavy atom. The minimum Gasteiger partial charge on any atom is -0.478 e. The van der Waals surface area contributed by atoms with Crippen LogP contribution in [0.3, 0.4) is 0 Å². The average molecular weight is 358 g/mol. The van der Waals surface area contributed by atoms with E-state index in [9.17, 15) is 4.79 Å². The highest BCUT2D eigenvalue weighted by Crippen LogP contribution is 2.38. The Hall–Kier alpha value is -1.59. The fourth-order valence-corrected chi connectivity index (χ4v) is 4.06. The summed E-state index contributed by atoms with van der Waals surface area (Å²) in [6.07, 6.45) is 3.99. The first-order valence-electron chi connectivity index (χ1n) is 9.83. The highest BCUT2D eigenvalue weighted by molar-refractivity contribution is 5.85. The van der Waals surface area contributed by atoms with Gasteiger partial charge in [-0.2, -0.15) is 0 Å². The SMILES string of the molecule is Cc1ccc(OC(C)(C)C(=O)N[C@H]2C[C@H]3CO[C@H](C4CC4)CN3C2)cc1. The van der Waals surface area contributed by atoms with Crippen molar-refractivity contribution in [2.75, 3.05) is 19.7 Å². The van der Waals surface area contributed by atoms with E-state index in [1.54, 1.807) is 0 Å². The highest BCUT2D eigenvalue weighted by Gasteiger charge is 2.43. The molecular formula is C21H30N2O3. The van der Waals surface area contributed by atoms with Gasteiger partial charge in [0.25, 0.3) is 5.91 Å². The molecule has 3 fully saturated rings. The van der Waals surface area contributed by atoms with Gasteiger partial charge in [-0.15, -0.1) is 0 Å². The van der Waals surface area contributed by atoms with Gasteiger partial charge in [-0.1, -0.05) is 17.7 Å². The third-order valence-corrected chi connectivity index (χ3v) is 5.87. The maximum Gasteiger partial charge on any atom is 0.263 e. The Balaban J connectivity index is 1.32. The molecule has 3 aliphatic rings. The second-order valence-electron chi connectivity index (χ2n) is 8.65. The molecule has 0 spiro atoms. The van der Waals surface area contributed by atoms with Crippen molar-refractivity contribution in [2.45, 2.75) is 63.8 Å². The minimum atomic E-state index is -0.897. The van der Waals surface area contributed by atoms with Crippen molar-refractivity contribution in [1.29, 1.82) is 0 Å². The number of carbonyl (C=O) groups is 1. The van der Waals surface area contributed by atoms with Crippen LogP contribution in [0.25, 0.3) is 0 Å². The van der Waals surface area contributed by atoms with Crippen LogP contribution in [-0.4, -0.2) is 54.3 Å². The predicted molar refractivity (Wildman–Crippen MR) is 100 cm³/mol. The Labute approximate surface area is 156 Å². The number of hydrogen-bond acceptors (Lipinski definition) is 4. The lowest BCUT2D eigenvalue weighted by Crippen LogP contribution is -2.51. The van der Waals surface area contributed by atoms with Crippen LogP contribution in [0.15, 0.2) is 24.3 Å². The van der Waals surface area contributed by atoms with Crippen LogP contribution < -0.4 is 10.1 Å². The predicted octanol–water partition coefficient (Wildman–Crippen LogP) is 2.52. The van der Waals surface area contributed by atoms with Crippen molar-refractivity contribution in [3.63, 3.8) is 0 Å². The zero-order valence-electron chi connectivity index (χ0n) is 16.0. The molecular weight excluding hydrogens is 328 g/mol. The number of nitrogens with one attached hydrogen (secondary N) is 1. The van der Waals surface area contributed by atoms with E-state index in [0.29, 0.717) is 12.1 Å². The first-order valence-corrected chi connectivity index (χ1v) is 9.83. The summed E-state index contributed by atoms with van der Waals surface area (Å²) in [5, 5.41) is 3.21. The summed E-state index contributed by atoms with van der Waals surface area (Å²) in [6, 6.07) is 8.43. The van der Waals surface area contributed by atoms with E-state index in [2.05, 4.69) is 10.2 Å². The van der Waals surface area contributed by atoms with Crippen molar-refractivity contribution in [2.24, 2.45) is 5.92 Å². The molecule has 0 unspecified atom stereocenters. The molecule has 1 aromatic rings. The molecule has 5 heteroatoms. The molecule has 0 bridgehead atoms. The molecule has 4 rings (SSSR count). The van der Waals surface area contributed by atoms with Gasteiger partial charge < -0.3 is 14.8 Å². The summed E-state index contributed by atoms with van der Waals surface area (Å²) in [4.78, 5) is 15.3. The van der Waals surface area contributed by atoms with Crippen LogP contribution in [0.5, 0.6) is 5.75 Å². The number of hydrogen-bond donors (Lipinski definition) is 1. The fraction of sp³-hybridized carbons (Fsp3) is 0.667. The van der Waals surface area contributed by atoms with Gasteiger partial charge in [-0.25, -0.2) is 0 Å². The molecule has 1 aliphatic carbocycles. The van der Waals surface area contributed by atoms with Crippen LogP contribution in [0.2, 0.25) is 0 Å². The monoisotopic (exact) mass is 358 g/mol. The lowest BCUT2D eigenvalue weighted by atomic mass is 10.1. The topological polar surface area (TPSA) is 50.8 Å². The molecule has 2 aliphatic heterocycles. The maximum absolute atomic E-state index is 12.8. The van der Waals surface area contributed by atoms with Crippen LogP contribution in [0, 0.1) is 12.8 Å². The van der Waals surface area contributed by atoms with Crippen molar-refractivity contribution >= 4 is 5.91 Å². The zero-order chi connectivity index (χ0) is 18.3. The molecule has 1 aromatic carbocycles. The number of amides is 1. The molecule has 2 heterocycles. The smallest absolute Gasteiger partial charge is 0.263 e. The summed E-state index contributed by atoms with van der Waals surface area (Å²) in [7, 11) is 0. The molecule has 142 valence electrons. The third kappa shape index (κ3) is 3.89. The number of fused-ring (bicyclic) bond motifs is 1. The number of nitrogens with zero attached hydrogens (tertiary/aromatic N) is 1. The van der Waals surface area contributed by atoms with E-state index in [4.69, 9.17) is 9.47 Å². The van der Waals surface area contributed by atoms with Gasteiger partial charge in [-0.3, -0.25) is 9.69 Å². The molecule has 0 aromatic heterocycles. The van der Waals surface area contributed by atoms with E-state index in [0.717, 1.165) is 37.8 Å². The quantitative estimate of drug-likeness (QED) is 0.879. The molecule has 1 amide bonds. The van der Waals surface area contributed by atoms with Gasteiger partial charge in [0.1, 0.15) is 5.75 Å². The lowest BCUT2D eigenvalue weighted by molar-refractivity contribution is -0.134. The molecule has 1 N–H and O–H groups in total. The highest BCUT2D eigenvalue weighted by atomic mass is 16.5.